The number of hydrazone groups is 1. The summed E-state index contributed by atoms with van der Waals surface area (Å²) >= 11 is 6.68. The molecule has 1 aromatic heterocycles. The van der Waals surface area contributed by atoms with Gasteiger partial charge in [-0.2, -0.15) is 5.10 Å². The van der Waals surface area contributed by atoms with Crippen LogP contribution >= 0.6 is 22.9 Å². The Kier molecular flexibility index (Phi) is 3.73. The van der Waals surface area contributed by atoms with E-state index in [0.29, 0.717) is 10.9 Å². The van der Waals surface area contributed by atoms with Crippen LogP contribution in [-0.2, 0) is 0 Å². The third-order valence-electron chi connectivity index (χ3n) is 1.95. The smallest absolute Gasteiger partial charge is 0.205 e. The van der Waals surface area contributed by atoms with Gasteiger partial charge in [0.2, 0.25) is 5.13 Å². The highest BCUT2D eigenvalue weighted by molar-refractivity contribution is 7.14. The van der Waals surface area contributed by atoms with Crippen LogP contribution in [0.3, 0.4) is 0 Å². The fourth-order valence-electron chi connectivity index (χ4n) is 1.14. The molecule has 0 fully saturated rings. The number of aromatic nitrogens is 1. The average Bonchev–Trinajstić information content (AvgIpc) is 2.75. The van der Waals surface area contributed by atoms with E-state index < -0.39 is 16.7 Å². The fourth-order valence-corrected chi connectivity index (χ4v) is 1.86. The maximum atomic E-state index is 13.5. The van der Waals surface area contributed by atoms with Gasteiger partial charge in [-0.3, -0.25) is 5.43 Å². The van der Waals surface area contributed by atoms with E-state index in [1.54, 1.807) is 5.38 Å². The Labute approximate surface area is 110 Å². The van der Waals surface area contributed by atoms with Crippen molar-refractivity contribution in [1.82, 2.24) is 4.98 Å². The first-order valence-corrected chi connectivity index (χ1v) is 5.97. The van der Waals surface area contributed by atoms with Crippen molar-refractivity contribution >= 4 is 40.1 Å². The second-order valence-corrected chi connectivity index (χ2v) is 4.45. The van der Waals surface area contributed by atoms with Gasteiger partial charge in [0, 0.05) is 10.9 Å². The Morgan fingerprint density at radius 3 is 2.89 bits per heavy atom. The molecule has 0 atom stereocenters. The Bertz CT molecular complexity index is 600. The first kappa shape index (κ1) is 12.7. The van der Waals surface area contributed by atoms with Crippen LogP contribution < -0.4 is 11.2 Å². The fraction of sp³-hybridized carbons (Fsp3) is 0. The monoisotopic (exact) mass is 288 g/mol. The molecule has 0 spiro atoms. The van der Waals surface area contributed by atoms with Crippen LogP contribution in [0.25, 0.3) is 0 Å². The van der Waals surface area contributed by atoms with Gasteiger partial charge in [-0.05, 0) is 12.1 Å². The number of benzene rings is 1. The first-order chi connectivity index (χ1) is 8.58. The molecule has 3 N–H and O–H groups in total. The molecule has 0 aliphatic carbocycles. The van der Waals surface area contributed by atoms with Crippen LogP contribution in [-0.4, -0.2) is 11.2 Å². The van der Waals surface area contributed by atoms with Gasteiger partial charge >= 0.3 is 0 Å². The van der Waals surface area contributed by atoms with Crippen LogP contribution in [0.15, 0.2) is 22.6 Å². The number of anilines is 2. The molecular weight excluding hydrogens is 282 g/mol. The number of nitrogens with zero attached hydrogens (tertiary/aromatic N) is 2. The summed E-state index contributed by atoms with van der Waals surface area (Å²) in [7, 11) is 0. The molecule has 0 saturated carbocycles. The second-order valence-electron chi connectivity index (χ2n) is 3.21. The molecule has 1 heterocycles. The Morgan fingerprint density at radius 1 is 1.44 bits per heavy atom. The third kappa shape index (κ3) is 2.74. The predicted molar refractivity (Wildman–Crippen MR) is 69.1 cm³/mol. The number of hydrogen-bond donors (Lipinski definition) is 2. The highest BCUT2D eigenvalue weighted by Gasteiger charge is 2.09. The van der Waals surface area contributed by atoms with E-state index in [1.165, 1.54) is 23.6 Å². The summed E-state index contributed by atoms with van der Waals surface area (Å²) in [5, 5.41) is 5.30. The molecule has 94 valence electrons. The molecule has 0 saturated heterocycles. The quantitative estimate of drug-likeness (QED) is 0.518. The normalized spacial score (nSPS) is 11.1. The van der Waals surface area contributed by atoms with Crippen molar-refractivity contribution in [1.29, 1.82) is 0 Å². The number of nitrogens with one attached hydrogen (secondary N) is 1. The van der Waals surface area contributed by atoms with E-state index in [0.717, 1.165) is 6.07 Å². The van der Waals surface area contributed by atoms with Crippen molar-refractivity contribution in [2.45, 2.75) is 0 Å². The number of hydrogen-bond acceptors (Lipinski definition) is 5. The molecule has 2 aromatic rings. The van der Waals surface area contributed by atoms with Gasteiger partial charge in [-0.15, -0.1) is 11.3 Å². The Balaban J connectivity index is 2.12. The highest BCUT2D eigenvalue weighted by Crippen LogP contribution is 2.21. The summed E-state index contributed by atoms with van der Waals surface area (Å²) < 4.78 is 26.4. The lowest BCUT2D eigenvalue weighted by atomic mass is 10.2. The van der Waals surface area contributed by atoms with Crippen molar-refractivity contribution in [3.8, 4) is 0 Å². The minimum absolute atomic E-state index is 0.0680. The zero-order valence-electron chi connectivity index (χ0n) is 8.82. The zero-order valence-corrected chi connectivity index (χ0v) is 10.4. The summed E-state index contributed by atoms with van der Waals surface area (Å²) in [6.45, 7) is 0. The van der Waals surface area contributed by atoms with Gasteiger partial charge in [0.05, 0.1) is 6.21 Å². The molecule has 0 bridgehead atoms. The van der Waals surface area contributed by atoms with Crippen LogP contribution in [0, 0.1) is 11.6 Å². The lowest BCUT2D eigenvalue weighted by Crippen LogP contribution is -1.95. The summed E-state index contributed by atoms with van der Waals surface area (Å²) in [6, 6.07) is 2.30. The molecule has 0 unspecified atom stereocenters. The van der Waals surface area contributed by atoms with Crippen LogP contribution in [0.5, 0.6) is 0 Å². The van der Waals surface area contributed by atoms with E-state index in [4.69, 9.17) is 17.3 Å². The molecule has 18 heavy (non-hydrogen) atoms. The van der Waals surface area contributed by atoms with Gasteiger partial charge < -0.3 is 5.73 Å². The van der Waals surface area contributed by atoms with Gasteiger partial charge in [0.15, 0.2) is 5.82 Å². The number of rotatable bonds is 3. The summed E-state index contributed by atoms with van der Waals surface area (Å²) in [5.74, 6) is -1.30. The lowest BCUT2D eigenvalue weighted by Gasteiger charge is -2.00. The van der Waals surface area contributed by atoms with E-state index in [2.05, 4.69) is 15.5 Å². The van der Waals surface area contributed by atoms with Crippen LogP contribution in [0.4, 0.5) is 19.7 Å². The first-order valence-electron chi connectivity index (χ1n) is 4.71. The summed E-state index contributed by atoms with van der Waals surface area (Å²) in [5.41, 5.74) is 8.05. The molecule has 0 aliphatic heterocycles. The molecule has 0 amide bonds. The van der Waals surface area contributed by atoms with Crippen molar-refractivity contribution in [2.24, 2.45) is 5.10 Å². The minimum Gasteiger partial charge on any atom is -0.383 e. The molecule has 4 nitrogen and oxygen atoms in total. The number of halogens is 3. The number of nitrogen functional groups attached to an aromatic ring is 1. The Morgan fingerprint density at radius 2 is 2.22 bits per heavy atom. The van der Waals surface area contributed by atoms with Crippen molar-refractivity contribution in [3.05, 3.63) is 39.7 Å². The molecule has 2 rings (SSSR count). The van der Waals surface area contributed by atoms with Crippen molar-refractivity contribution < 1.29 is 8.78 Å². The highest BCUT2D eigenvalue weighted by atomic mass is 35.5. The molecular formula is C10H7ClF2N4S. The Hall–Kier alpha value is -1.73. The average molecular weight is 289 g/mol. The zero-order chi connectivity index (χ0) is 13.1. The van der Waals surface area contributed by atoms with Crippen molar-refractivity contribution in [3.63, 3.8) is 0 Å². The van der Waals surface area contributed by atoms with E-state index in [9.17, 15) is 8.78 Å². The van der Waals surface area contributed by atoms with Crippen LogP contribution in [0.2, 0.25) is 5.02 Å². The SMILES string of the molecule is Nc1csc(NN=Cc2ccc(F)c(Cl)c2F)n1. The standard InChI is InChI=1S/C10H7ClF2N4S/c11-8-6(12)2-1-5(9(8)13)3-15-17-10-16-7(14)4-18-10/h1-4H,14H2,(H,16,17). The second kappa shape index (κ2) is 5.28. The van der Waals surface area contributed by atoms with E-state index in [1.807, 2.05) is 0 Å². The van der Waals surface area contributed by atoms with Gasteiger partial charge in [-0.1, -0.05) is 11.6 Å². The topological polar surface area (TPSA) is 63.3 Å². The molecule has 8 heteroatoms. The summed E-state index contributed by atoms with van der Waals surface area (Å²) in [6.07, 6.45) is 1.18. The van der Waals surface area contributed by atoms with Gasteiger partial charge in [-0.25, -0.2) is 13.8 Å². The maximum Gasteiger partial charge on any atom is 0.205 e. The number of nitrogens with two attached hydrogens (primary N) is 1. The molecule has 0 radical (unpaired) electrons. The predicted octanol–water partition coefficient (Wildman–Crippen LogP) is 3.10. The lowest BCUT2D eigenvalue weighted by molar-refractivity contribution is 0.583. The molecule has 0 aliphatic rings. The van der Waals surface area contributed by atoms with E-state index >= 15 is 0 Å². The van der Waals surface area contributed by atoms with E-state index in [-0.39, 0.29) is 5.56 Å². The van der Waals surface area contributed by atoms with Gasteiger partial charge in [0.1, 0.15) is 16.7 Å². The molecule has 1 aromatic carbocycles. The largest absolute Gasteiger partial charge is 0.383 e. The van der Waals surface area contributed by atoms with Crippen LogP contribution in [0.1, 0.15) is 5.56 Å². The minimum atomic E-state index is -0.860. The summed E-state index contributed by atoms with van der Waals surface area (Å²) in [4.78, 5) is 3.89. The number of thiazole rings is 1. The maximum absolute atomic E-state index is 13.5. The third-order valence-corrected chi connectivity index (χ3v) is 3.06. The van der Waals surface area contributed by atoms with Gasteiger partial charge in [0.25, 0.3) is 0 Å². The van der Waals surface area contributed by atoms with Crippen molar-refractivity contribution in [2.75, 3.05) is 11.2 Å².